The molecule has 0 spiro atoms. The molecule has 0 radical (unpaired) electrons. The van der Waals surface area contributed by atoms with Crippen LogP contribution in [0.2, 0.25) is 0 Å². The number of aliphatic hydroxyl groups excluding tert-OH is 1. The molecule has 2 rings (SSSR count). The van der Waals surface area contributed by atoms with Crippen molar-refractivity contribution < 1.29 is 9.84 Å². The molecule has 2 heteroatoms. The quantitative estimate of drug-likeness (QED) is 0.890. The van der Waals surface area contributed by atoms with E-state index in [9.17, 15) is 5.11 Å². The highest BCUT2D eigenvalue weighted by Crippen LogP contribution is 2.27. The van der Waals surface area contributed by atoms with Crippen LogP contribution in [-0.2, 0) is 4.74 Å². The molecule has 1 fully saturated rings. The van der Waals surface area contributed by atoms with Crippen LogP contribution in [-0.4, -0.2) is 17.8 Å². The van der Waals surface area contributed by atoms with Crippen molar-refractivity contribution in [2.24, 2.45) is 5.92 Å². The van der Waals surface area contributed by atoms with E-state index < -0.39 is 6.10 Å². The first-order valence-electron chi connectivity index (χ1n) is 7.43. The Labute approximate surface area is 116 Å². The second kappa shape index (κ2) is 6.53. The Morgan fingerprint density at radius 3 is 2.79 bits per heavy atom. The Morgan fingerprint density at radius 1 is 1.32 bits per heavy atom. The Balaban J connectivity index is 1.88. The highest BCUT2D eigenvalue weighted by Gasteiger charge is 2.21. The zero-order chi connectivity index (χ0) is 13.8. The second-order valence-corrected chi connectivity index (χ2v) is 6.10. The van der Waals surface area contributed by atoms with Crippen molar-refractivity contribution in [3.63, 3.8) is 0 Å². The number of benzene rings is 1. The summed E-state index contributed by atoms with van der Waals surface area (Å²) in [7, 11) is 0. The molecule has 1 saturated carbocycles. The van der Waals surface area contributed by atoms with Crippen LogP contribution in [0.4, 0.5) is 0 Å². The largest absolute Gasteiger partial charge is 0.386 e. The van der Waals surface area contributed by atoms with E-state index in [1.807, 2.05) is 19.1 Å². The van der Waals surface area contributed by atoms with Gasteiger partial charge in [-0.25, -0.2) is 0 Å². The third-order valence-corrected chi connectivity index (χ3v) is 4.16. The first-order chi connectivity index (χ1) is 9.06. The van der Waals surface area contributed by atoms with Crippen LogP contribution in [0.1, 0.15) is 55.4 Å². The van der Waals surface area contributed by atoms with Crippen molar-refractivity contribution in [2.45, 2.75) is 58.7 Å². The minimum absolute atomic E-state index is 0.337. The molecule has 0 amide bonds. The van der Waals surface area contributed by atoms with E-state index in [0.717, 1.165) is 29.9 Å². The van der Waals surface area contributed by atoms with Gasteiger partial charge in [-0.05, 0) is 43.7 Å². The summed E-state index contributed by atoms with van der Waals surface area (Å²) in [5.41, 5.74) is 3.37. The zero-order valence-electron chi connectivity index (χ0n) is 12.4. The van der Waals surface area contributed by atoms with Gasteiger partial charge in [0.05, 0.1) is 12.7 Å². The third kappa shape index (κ3) is 4.05. The maximum atomic E-state index is 10.3. The highest BCUT2D eigenvalue weighted by atomic mass is 16.5. The van der Waals surface area contributed by atoms with Crippen LogP contribution in [0.15, 0.2) is 18.2 Å². The number of aliphatic hydroxyl groups is 1. The molecule has 0 bridgehead atoms. The highest BCUT2D eigenvalue weighted by molar-refractivity contribution is 5.31. The lowest BCUT2D eigenvalue weighted by Gasteiger charge is -2.28. The molecule has 0 saturated heterocycles. The molecule has 3 unspecified atom stereocenters. The van der Waals surface area contributed by atoms with Gasteiger partial charge in [0.15, 0.2) is 0 Å². The normalized spacial score (nSPS) is 25.3. The molecule has 1 aliphatic carbocycles. The summed E-state index contributed by atoms with van der Waals surface area (Å²) < 4.78 is 5.90. The lowest BCUT2D eigenvalue weighted by Crippen LogP contribution is -2.23. The van der Waals surface area contributed by atoms with Gasteiger partial charge in [0.1, 0.15) is 6.10 Å². The van der Waals surface area contributed by atoms with E-state index in [0.29, 0.717) is 12.7 Å². The van der Waals surface area contributed by atoms with Crippen LogP contribution >= 0.6 is 0 Å². The Morgan fingerprint density at radius 2 is 2.11 bits per heavy atom. The number of ether oxygens (including phenoxy) is 1. The SMILES string of the molecule is Cc1ccc(C(O)COC2CCCC(C)C2)c(C)c1. The minimum Gasteiger partial charge on any atom is -0.386 e. The van der Waals surface area contributed by atoms with Crippen LogP contribution in [0.25, 0.3) is 0 Å². The van der Waals surface area contributed by atoms with Gasteiger partial charge in [-0.3, -0.25) is 0 Å². The number of rotatable bonds is 4. The molecule has 0 heterocycles. The van der Waals surface area contributed by atoms with Crippen molar-refractivity contribution in [1.29, 1.82) is 0 Å². The van der Waals surface area contributed by atoms with Gasteiger partial charge in [0.2, 0.25) is 0 Å². The number of hydrogen-bond donors (Lipinski definition) is 1. The summed E-state index contributed by atoms with van der Waals surface area (Å²) in [5.74, 6) is 0.761. The fraction of sp³-hybridized carbons (Fsp3) is 0.647. The molecular formula is C17H26O2. The maximum Gasteiger partial charge on any atom is 0.103 e. The van der Waals surface area contributed by atoms with Gasteiger partial charge in [-0.15, -0.1) is 0 Å². The predicted molar refractivity (Wildman–Crippen MR) is 78.2 cm³/mol. The zero-order valence-corrected chi connectivity index (χ0v) is 12.4. The van der Waals surface area contributed by atoms with Gasteiger partial charge < -0.3 is 9.84 Å². The van der Waals surface area contributed by atoms with Gasteiger partial charge in [0.25, 0.3) is 0 Å². The number of aryl methyl sites for hydroxylation is 2. The standard InChI is InChI=1S/C17H26O2/c1-12-5-4-6-15(10-12)19-11-17(18)16-8-7-13(2)9-14(16)3/h7-9,12,15,17-18H,4-6,10-11H2,1-3H3. The third-order valence-electron chi connectivity index (χ3n) is 4.16. The van der Waals surface area contributed by atoms with Crippen molar-refractivity contribution in [3.8, 4) is 0 Å². The fourth-order valence-electron chi connectivity index (χ4n) is 3.05. The maximum absolute atomic E-state index is 10.3. The molecule has 19 heavy (non-hydrogen) atoms. The van der Waals surface area contributed by atoms with E-state index >= 15 is 0 Å². The van der Waals surface area contributed by atoms with E-state index in [2.05, 4.69) is 19.9 Å². The van der Waals surface area contributed by atoms with E-state index in [4.69, 9.17) is 4.74 Å². The molecule has 3 atom stereocenters. The smallest absolute Gasteiger partial charge is 0.103 e. The van der Waals surface area contributed by atoms with Gasteiger partial charge in [-0.1, -0.05) is 43.5 Å². The second-order valence-electron chi connectivity index (χ2n) is 6.10. The molecule has 2 nitrogen and oxygen atoms in total. The average molecular weight is 262 g/mol. The summed E-state index contributed by atoms with van der Waals surface area (Å²) in [6.07, 6.45) is 4.69. The minimum atomic E-state index is -0.502. The Kier molecular flexibility index (Phi) is 5.00. The summed E-state index contributed by atoms with van der Waals surface area (Å²) in [4.78, 5) is 0. The van der Waals surface area contributed by atoms with E-state index in [1.165, 1.54) is 18.4 Å². The molecule has 106 valence electrons. The predicted octanol–water partition coefficient (Wildman–Crippen LogP) is 3.93. The van der Waals surface area contributed by atoms with Crippen LogP contribution in [0.3, 0.4) is 0 Å². The van der Waals surface area contributed by atoms with Gasteiger partial charge in [0, 0.05) is 0 Å². The molecule has 1 N–H and O–H groups in total. The fourth-order valence-corrected chi connectivity index (χ4v) is 3.05. The summed E-state index contributed by atoms with van der Waals surface area (Å²) >= 11 is 0. The molecule has 0 aliphatic heterocycles. The van der Waals surface area contributed by atoms with Crippen molar-refractivity contribution in [3.05, 3.63) is 34.9 Å². The van der Waals surface area contributed by atoms with Crippen LogP contribution in [0.5, 0.6) is 0 Å². The summed E-state index contributed by atoms with van der Waals surface area (Å²) in [6, 6.07) is 6.18. The molecule has 1 aromatic carbocycles. The van der Waals surface area contributed by atoms with Crippen LogP contribution in [0, 0.1) is 19.8 Å². The van der Waals surface area contributed by atoms with Crippen LogP contribution < -0.4 is 0 Å². The van der Waals surface area contributed by atoms with E-state index in [1.54, 1.807) is 0 Å². The average Bonchev–Trinajstić information content (AvgIpc) is 2.36. The molecule has 0 aromatic heterocycles. The van der Waals surface area contributed by atoms with Gasteiger partial charge >= 0.3 is 0 Å². The van der Waals surface area contributed by atoms with Crippen molar-refractivity contribution >= 4 is 0 Å². The summed E-state index contributed by atoms with van der Waals surface area (Å²) in [5, 5.41) is 10.3. The first kappa shape index (κ1) is 14.5. The lowest BCUT2D eigenvalue weighted by atomic mass is 9.89. The first-order valence-corrected chi connectivity index (χ1v) is 7.43. The Hall–Kier alpha value is -0.860. The van der Waals surface area contributed by atoms with E-state index in [-0.39, 0.29) is 0 Å². The topological polar surface area (TPSA) is 29.5 Å². The molecule has 1 aliphatic rings. The van der Waals surface area contributed by atoms with Crippen molar-refractivity contribution in [2.75, 3.05) is 6.61 Å². The monoisotopic (exact) mass is 262 g/mol. The van der Waals surface area contributed by atoms with Gasteiger partial charge in [-0.2, -0.15) is 0 Å². The molecular weight excluding hydrogens is 236 g/mol. The lowest BCUT2D eigenvalue weighted by molar-refractivity contribution is -0.0323. The van der Waals surface area contributed by atoms with Crippen molar-refractivity contribution in [1.82, 2.24) is 0 Å². The number of hydrogen-bond acceptors (Lipinski definition) is 2. The molecule has 1 aromatic rings. The summed E-state index contributed by atoms with van der Waals surface area (Å²) in [6.45, 7) is 6.83. The Bertz CT molecular complexity index is 414.